The number of ether oxygens (including phenoxy) is 2. The van der Waals surface area contributed by atoms with E-state index in [0.29, 0.717) is 27.9 Å². The van der Waals surface area contributed by atoms with E-state index in [1.165, 1.54) is 7.11 Å². The molecule has 0 radical (unpaired) electrons. The van der Waals surface area contributed by atoms with Gasteiger partial charge in [-0.05, 0) is 49.4 Å². The number of hydrogen-bond donors (Lipinski definition) is 2. The van der Waals surface area contributed by atoms with Crippen LogP contribution in [0.2, 0.25) is 5.02 Å². The monoisotopic (exact) mass is 415 g/mol. The molecule has 0 fully saturated rings. The van der Waals surface area contributed by atoms with Crippen molar-refractivity contribution in [1.29, 1.82) is 0 Å². The Morgan fingerprint density at radius 2 is 1.69 bits per heavy atom. The number of benzene rings is 2. The molecule has 1 aromatic heterocycles. The van der Waals surface area contributed by atoms with Crippen molar-refractivity contribution in [3.05, 3.63) is 63.3 Å². The van der Waals surface area contributed by atoms with E-state index < -0.39 is 4.92 Å². The van der Waals surface area contributed by atoms with Gasteiger partial charge in [0, 0.05) is 11.4 Å². The van der Waals surface area contributed by atoms with Gasteiger partial charge >= 0.3 is 5.69 Å². The Morgan fingerprint density at radius 3 is 2.28 bits per heavy atom. The van der Waals surface area contributed by atoms with Gasteiger partial charge in [0.05, 0.1) is 24.2 Å². The Bertz CT molecular complexity index is 1040. The summed E-state index contributed by atoms with van der Waals surface area (Å²) in [4.78, 5) is 19.5. The molecule has 150 valence electrons. The molecule has 0 saturated heterocycles. The van der Waals surface area contributed by atoms with E-state index in [2.05, 4.69) is 20.6 Å². The lowest BCUT2D eigenvalue weighted by Gasteiger charge is -2.12. The van der Waals surface area contributed by atoms with Gasteiger partial charge in [-0.2, -0.15) is 4.98 Å². The van der Waals surface area contributed by atoms with Gasteiger partial charge in [-0.15, -0.1) is 0 Å². The summed E-state index contributed by atoms with van der Waals surface area (Å²) >= 11 is 6.14. The Labute approximate surface area is 171 Å². The molecule has 0 saturated carbocycles. The highest BCUT2D eigenvalue weighted by Crippen LogP contribution is 2.32. The molecule has 0 atom stereocenters. The molecule has 9 nitrogen and oxygen atoms in total. The predicted octanol–water partition coefficient (Wildman–Crippen LogP) is 4.85. The van der Waals surface area contributed by atoms with Crippen molar-refractivity contribution in [2.75, 3.05) is 24.9 Å². The zero-order valence-corrected chi connectivity index (χ0v) is 16.6. The third-order valence-electron chi connectivity index (χ3n) is 4.00. The van der Waals surface area contributed by atoms with Gasteiger partial charge in [0.1, 0.15) is 17.2 Å². The molecule has 29 heavy (non-hydrogen) atoms. The first-order valence-corrected chi connectivity index (χ1v) is 8.83. The molecule has 0 unspecified atom stereocenters. The molecule has 3 rings (SSSR count). The lowest BCUT2D eigenvalue weighted by molar-refractivity contribution is -0.385. The Balaban J connectivity index is 1.94. The molecule has 3 aromatic rings. The van der Waals surface area contributed by atoms with Crippen molar-refractivity contribution < 1.29 is 14.4 Å². The number of halogens is 1. The Kier molecular flexibility index (Phi) is 5.99. The standard InChI is InChI=1S/C19H18ClN5O4/c1-11-17(25(26)27)18(22-12-4-7-14(28-2)8-5-12)24-19(21-11)23-13-6-9-16(29-3)15(20)10-13/h4-10H,1-3H3,(H2,21,22,23,24). The molecule has 10 heteroatoms. The van der Waals surface area contributed by atoms with Crippen molar-refractivity contribution in [2.45, 2.75) is 6.92 Å². The molecule has 2 N–H and O–H groups in total. The van der Waals surface area contributed by atoms with Crippen molar-refractivity contribution >= 4 is 40.4 Å². The molecule has 1 heterocycles. The second-order valence-corrected chi connectivity index (χ2v) is 6.32. The van der Waals surface area contributed by atoms with Gasteiger partial charge in [-0.25, -0.2) is 4.98 Å². The highest BCUT2D eigenvalue weighted by atomic mass is 35.5. The normalized spacial score (nSPS) is 10.3. The lowest BCUT2D eigenvalue weighted by Crippen LogP contribution is -2.07. The maximum absolute atomic E-state index is 11.5. The quantitative estimate of drug-likeness (QED) is 0.416. The van der Waals surface area contributed by atoms with E-state index in [1.807, 2.05) is 0 Å². The largest absolute Gasteiger partial charge is 0.497 e. The van der Waals surface area contributed by atoms with Crippen LogP contribution in [0.1, 0.15) is 5.69 Å². The zero-order valence-electron chi connectivity index (χ0n) is 15.9. The summed E-state index contributed by atoms with van der Waals surface area (Å²) in [6.07, 6.45) is 0. The first-order valence-electron chi connectivity index (χ1n) is 8.46. The van der Waals surface area contributed by atoms with E-state index in [0.717, 1.165) is 0 Å². The maximum Gasteiger partial charge on any atom is 0.332 e. The Morgan fingerprint density at radius 1 is 1.00 bits per heavy atom. The number of hydrogen-bond acceptors (Lipinski definition) is 8. The van der Waals surface area contributed by atoms with Crippen molar-refractivity contribution in [3.8, 4) is 11.5 Å². The number of anilines is 4. The molecule has 0 aliphatic heterocycles. The second kappa shape index (κ2) is 8.61. The summed E-state index contributed by atoms with van der Waals surface area (Å²) in [5, 5.41) is 17.9. The number of nitro groups is 1. The maximum atomic E-state index is 11.5. The Hall–Kier alpha value is -3.59. The van der Waals surface area contributed by atoms with Crippen molar-refractivity contribution in [1.82, 2.24) is 9.97 Å². The van der Waals surface area contributed by atoms with Crippen LogP contribution in [0.3, 0.4) is 0 Å². The molecule has 0 bridgehead atoms. The van der Waals surface area contributed by atoms with Crippen LogP contribution in [0.15, 0.2) is 42.5 Å². The van der Waals surface area contributed by atoms with Crippen LogP contribution < -0.4 is 20.1 Å². The lowest BCUT2D eigenvalue weighted by atomic mass is 10.3. The van der Waals surface area contributed by atoms with Crippen molar-refractivity contribution in [3.63, 3.8) is 0 Å². The minimum Gasteiger partial charge on any atom is -0.497 e. The fourth-order valence-electron chi connectivity index (χ4n) is 2.61. The topological polar surface area (TPSA) is 111 Å². The SMILES string of the molecule is COc1ccc(Nc2nc(Nc3ccc(OC)c(Cl)c3)nc(C)c2[N+](=O)[O-])cc1. The molecular weight excluding hydrogens is 398 g/mol. The van der Waals surface area contributed by atoms with E-state index >= 15 is 0 Å². The minimum atomic E-state index is -0.519. The summed E-state index contributed by atoms with van der Waals surface area (Å²) in [6, 6.07) is 12.0. The number of methoxy groups -OCH3 is 2. The van der Waals surface area contributed by atoms with Gasteiger partial charge in [0.25, 0.3) is 0 Å². The van der Waals surface area contributed by atoms with Gasteiger partial charge in [-0.1, -0.05) is 11.6 Å². The highest BCUT2D eigenvalue weighted by Gasteiger charge is 2.22. The van der Waals surface area contributed by atoms with Crippen LogP contribution in [-0.4, -0.2) is 29.1 Å². The van der Waals surface area contributed by atoms with Gasteiger partial charge in [-0.3, -0.25) is 10.1 Å². The van der Waals surface area contributed by atoms with Crippen LogP contribution in [0.5, 0.6) is 11.5 Å². The zero-order chi connectivity index (χ0) is 21.0. The van der Waals surface area contributed by atoms with Crippen LogP contribution >= 0.6 is 11.6 Å². The van der Waals surface area contributed by atoms with Crippen LogP contribution in [0.4, 0.5) is 28.8 Å². The molecule has 0 amide bonds. The number of aryl methyl sites for hydroxylation is 1. The fraction of sp³-hybridized carbons (Fsp3) is 0.158. The fourth-order valence-corrected chi connectivity index (χ4v) is 2.87. The average molecular weight is 416 g/mol. The summed E-state index contributed by atoms with van der Waals surface area (Å²) in [6.45, 7) is 1.55. The molecular formula is C19H18ClN5O4. The first kappa shape index (κ1) is 20.2. The van der Waals surface area contributed by atoms with Gasteiger partial charge in [0.15, 0.2) is 0 Å². The number of nitrogens with one attached hydrogen (secondary N) is 2. The van der Waals surface area contributed by atoms with E-state index in [-0.39, 0.29) is 23.1 Å². The summed E-state index contributed by atoms with van der Waals surface area (Å²) in [5.41, 5.74) is 1.23. The third kappa shape index (κ3) is 4.64. The van der Waals surface area contributed by atoms with Crippen LogP contribution in [-0.2, 0) is 0 Å². The average Bonchev–Trinajstić information content (AvgIpc) is 2.68. The third-order valence-corrected chi connectivity index (χ3v) is 4.30. The molecule has 0 spiro atoms. The van der Waals surface area contributed by atoms with E-state index in [4.69, 9.17) is 21.1 Å². The number of nitrogens with zero attached hydrogens (tertiary/aromatic N) is 3. The molecule has 2 aromatic carbocycles. The van der Waals surface area contributed by atoms with Crippen molar-refractivity contribution in [2.24, 2.45) is 0 Å². The van der Waals surface area contributed by atoms with Crippen LogP contribution in [0, 0.1) is 17.0 Å². The number of aromatic nitrogens is 2. The molecule has 0 aliphatic rings. The smallest absolute Gasteiger partial charge is 0.332 e. The van der Waals surface area contributed by atoms with E-state index in [9.17, 15) is 10.1 Å². The summed E-state index contributed by atoms with van der Waals surface area (Å²) in [5.74, 6) is 1.45. The van der Waals surface area contributed by atoms with Gasteiger partial charge in [0.2, 0.25) is 11.8 Å². The summed E-state index contributed by atoms with van der Waals surface area (Å²) < 4.78 is 10.2. The van der Waals surface area contributed by atoms with E-state index in [1.54, 1.807) is 56.5 Å². The predicted molar refractivity (Wildman–Crippen MR) is 111 cm³/mol. The molecule has 0 aliphatic carbocycles. The number of rotatable bonds is 7. The second-order valence-electron chi connectivity index (χ2n) is 5.91. The highest BCUT2D eigenvalue weighted by molar-refractivity contribution is 6.32. The first-order chi connectivity index (χ1) is 13.9. The van der Waals surface area contributed by atoms with Gasteiger partial charge < -0.3 is 20.1 Å². The van der Waals surface area contributed by atoms with Crippen LogP contribution in [0.25, 0.3) is 0 Å². The minimum absolute atomic E-state index is 0.0646. The summed E-state index contributed by atoms with van der Waals surface area (Å²) in [7, 11) is 3.08.